The minimum atomic E-state index is -0.0689. The van der Waals surface area contributed by atoms with Crippen LogP contribution in [0.25, 0.3) is 6.08 Å². The third-order valence-corrected chi connectivity index (χ3v) is 4.90. The lowest BCUT2D eigenvalue weighted by molar-refractivity contribution is -0.117. The molecule has 1 N–H and O–H groups in total. The van der Waals surface area contributed by atoms with Crippen LogP contribution in [0.3, 0.4) is 0 Å². The van der Waals surface area contributed by atoms with Gasteiger partial charge in [0.05, 0.1) is 5.51 Å². The number of thiazole rings is 1. The molecule has 7 heteroatoms. The molecule has 0 bridgehead atoms. The van der Waals surface area contributed by atoms with Gasteiger partial charge in [-0.15, -0.1) is 11.3 Å². The molecular formula is C17H18ClN3O2S. The first kappa shape index (κ1) is 16.9. The smallest absolute Gasteiger partial charge is 0.244 e. The second kappa shape index (κ2) is 8.26. The van der Waals surface area contributed by atoms with Gasteiger partial charge in [-0.25, -0.2) is 4.98 Å². The number of halogens is 1. The molecule has 0 aromatic carbocycles. The number of amides is 1. The number of aromatic nitrogens is 2. The van der Waals surface area contributed by atoms with Crippen molar-refractivity contribution in [2.24, 2.45) is 0 Å². The molecule has 3 rings (SSSR count). The van der Waals surface area contributed by atoms with Gasteiger partial charge in [-0.1, -0.05) is 11.6 Å². The summed E-state index contributed by atoms with van der Waals surface area (Å²) in [6.07, 6.45) is 10.4. The zero-order valence-corrected chi connectivity index (χ0v) is 14.6. The Hall–Kier alpha value is -1.92. The summed E-state index contributed by atoms with van der Waals surface area (Å²) in [6.45, 7) is 0. The Morgan fingerprint density at radius 3 is 2.92 bits per heavy atom. The van der Waals surface area contributed by atoms with Gasteiger partial charge in [0.2, 0.25) is 11.8 Å². The van der Waals surface area contributed by atoms with Crippen LogP contribution in [0.15, 0.2) is 36.1 Å². The molecule has 2 aromatic rings. The fraction of sp³-hybridized carbons (Fsp3) is 0.353. The second-order valence-electron chi connectivity index (χ2n) is 5.63. The van der Waals surface area contributed by atoms with Crippen molar-refractivity contribution in [3.05, 3.63) is 46.0 Å². The SMILES string of the molecule is O=C(/C=C/c1cncs1)NC1CCC(Oc2ncccc2Cl)CC1. The first-order valence-corrected chi connectivity index (χ1v) is 9.10. The van der Waals surface area contributed by atoms with E-state index in [4.69, 9.17) is 16.3 Å². The van der Waals surface area contributed by atoms with Crippen molar-refractivity contribution in [3.8, 4) is 5.88 Å². The number of ether oxygens (including phenoxy) is 1. The molecular weight excluding hydrogens is 346 g/mol. The van der Waals surface area contributed by atoms with Crippen molar-refractivity contribution < 1.29 is 9.53 Å². The third-order valence-electron chi connectivity index (χ3n) is 3.87. The van der Waals surface area contributed by atoms with E-state index in [9.17, 15) is 4.79 Å². The number of hydrogen-bond acceptors (Lipinski definition) is 5. The van der Waals surface area contributed by atoms with E-state index >= 15 is 0 Å². The zero-order chi connectivity index (χ0) is 16.8. The van der Waals surface area contributed by atoms with E-state index in [1.54, 1.807) is 42.2 Å². The van der Waals surface area contributed by atoms with Crippen molar-refractivity contribution in [1.29, 1.82) is 0 Å². The Bertz CT molecular complexity index is 698. The summed E-state index contributed by atoms with van der Waals surface area (Å²) in [5, 5.41) is 3.57. The zero-order valence-electron chi connectivity index (χ0n) is 13.0. The van der Waals surface area contributed by atoms with Crippen LogP contribution in [0.2, 0.25) is 5.02 Å². The normalized spacial score (nSPS) is 20.9. The molecule has 0 spiro atoms. The molecule has 0 aliphatic heterocycles. The topological polar surface area (TPSA) is 64.1 Å². The third kappa shape index (κ3) is 4.79. The van der Waals surface area contributed by atoms with E-state index in [0.717, 1.165) is 30.6 Å². The maximum atomic E-state index is 12.0. The van der Waals surface area contributed by atoms with Crippen LogP contribution in [0.5, 0.6) is 5.88 Å². The maximum absolute atomic E-state index is 12.0. The molecule has 0 unspecified atom stereocenters. The lowest BCUT2D eigenvalue weighted by Gasteiger charge is -2.29. The van der Waals surface area contributed by atoms with Crippen molar-refractivity contribution in [2.45, 2.75) is 37.8 Å². The monoisotopic (exact) mass is 363 g/mol. The van der Waals surface area contributed by atoms with Gasteiger partial charge in [0, 0.05) is 29.4 Å². The lowest BCUT2D eigenvalue weighted by atomic mass is 9.93. The molecule has 1 fully saturated rings. The van der Waals surface area contributed by atoms with E-state index in [1.807, 2.05) is 0 Å². The summed E-state index contributed by atoms with van der Waals surface area (Å²) in [5.74, 6) is 0.416. The molecule has 5 nitrogen and oxygen atoms in total. The molecule has 2 heterocycles. The summed E-state index contributed by atoms with van der Waals surface area (Å²) >= 11 is 7.56. The van der Waals surface area contributed by atoms with E-state index in [1.165, 1.54) is 11.3 Å². The summed E-state index contributed by atoms with van der Waals surface area (Å²) in [6, 6.07) is 3.73. The van der Waals surface area contributed by atoms with Crippen molar-refractivity contribution in [1.82, 2.24) is 15.3 Å². The Morgan fingerprint density at radius 1 is 1.38 bits per heavy atom. The van der Waals surface area contributed by atoms with Gasteiger partial charge < -0.3 is 10.1 Å². The van der Waals surface area contributed by atoms with Crippen molar-refractivity contribution >= 4 is 34.9 Å². The van der Waals surface area contributed by atoms with Crippen LogP contribution in [0, 0.1) is 0 Å². The Labute approximate surface area is 149 Å². The van der Waals surface area contributed by atoms with Crippen molar-refractivity contribution in [2.75, 3.05) is 0 Å². The largest absolute Gasteiger partial charge is 0.473 e. The summed E-state index contributed by atoms with van der Waals surface area (Å²) < 4.78 is 5.86. The lowest BCUT2D eigenvalue weighted by Crippen LogP contribution is -2.39. The molecule has 0 saturated heterocycles. The molecule has 1 amide bonds. The van der Waals surface area contributed by atoms with Gasteiger partial charge in [0.15, 0.2) is 0 Å². The average Bonchev–Trinajstić information content (AvgIpc) is 3.10. The number of hydrogen-bond donors (Lipinski definition) is 1. The highest BCUT2D eigenvalue weighted by molar-refractivity contribution is 7.10. The number of nitrogens with one attached hydrogen (secondary N) is 1. The van der Waals surface area contributed by atoms with Gasteiger partial charge in [-0.05, 0) is 43.9 Å². The highest BCUT2D eigenvalue weighted by Crippen LogP contribution is 2.27. The molecule has 1 saturated carbocycles. The Balaban J connectivity index is 1.43. The predicted molar refractivity (Wildman–Crippen MR) is 95.2 cm³/mol. The van der Waals surface area contributed by atoms with E-state index in [-0.39, 0.29) is 18.1 Å². The number of nitrogens with zero attached hydrogens (tertiary/aromatic N) is 2. The average molecular weight is 364 g/mol. The summed E-state index contributed by atoms with van der Waals surface area (Å²) in [4.78, 5) is 21.0. The van der Waals surface area contributed by atoms with Crippen LogP contribution in [-0.4, -0.2) is 28.0 Å². The number of carbonyl (C=O) groups is 1. The fourth-order valence-electron chi connectivity index (χ4n) is 2.66. The van der Waals surface area contributed by atoms with E-state index in [0.29, 0.717) is 10.9 Å². The first-order valence-electron chi connectivity index (χ1n) is 7.85. The predicted octanol–water partition coefficient (Wildman–Crippen LogP) is 3.71. The quantitative estimate of drug-likeness (QED) is 0.822. The highest BCUT2D eigenvalue weighted by Gasteiger charge is 2.24. The molecule has 2 aromatic heterocycles. The number of pyridine rings is 1. The minimum absolute atomic E-state index is 0.0689. The van der Waals surface area contributed by atoms with E-state index < -0.39 is 0 Å². The molecule has 0 radical (unpaired) electrons. The van der Waals surface area contributed by atoms with Crippen LogP contribution in [0.1, 0.15) is 30.6 Å². The van der Waals surface area contributed by atoms with Gasteiger partial charge in [-0.3, -0.25) is 9.78 Å². The van der Waals surface area contributed by atoms with Gasteiger partial charge in [0.1, 0.15) is 11.1 Å². The Morgan fingerprint density at radius 2 is 2.21 bits per heavy atom. The summed E-state index contributed by atoms with van der Waals surface area (Å²) in [7, 11) is 0. The molecule has 126 valence electrons. The van der Waals surface area contributed by atoms with Crippen LogP contribution in [0.4, 0.5) is 0 Å². The summed E-state index contributed by atoms with van der Waals surface area (Å²) in [5.41, 5.74) is 1.74. The van der Waals surface area contributed by atoms with Gasteiger partial charge >= 0.3 is 0 Å². The first-order chi connectivity index (χ1) is 11.7. The highest BCUT2D eigenvalue weighted by atomic mass is 35.5. The maximum Gasteiger partial charge on any atom is 0.244 e. The number of rotatable bonds is 5. The van der Waals surface area contributed by atoms with E-state index in [2.05, 4.69) is 15.3 Å². The van der Waals surface area contributed by atoms with Crippen molar-refractivity contribution in [3.63, 3.8) is 0 Å². The fourth-order valence-corrected chi connectivity index (χ4v) is 3.33. The minimum Gasteiger partial charge on any atom is -0.473 e. The Kier molecular flexibility index (Phi) is 5.82. The standard InChI is InChI=1S/C17H18ClN3O2S/c18-15-2-1-9-20-17(15)23-13-5-3-12(4-6-13)21-16(22)8-7-14-10-19-11-24-14/h1-2,7-13H,3-6H2,(H,21,22)/b8-7+. The van der Waals surface area contributed by atoms with Crippen LogP contribution >= 0.6 is 22.9 Å². The second-order valence-corrected chi connectivity index (χ2v) is 6.95. The van der Waals surface area contributed by atoms with Gasteiger partial charge in [0.25, 0.3) is 0 Å². The molecule has 1 aliphatic rings. The van der Waals surface area contributed by atoms with Crippen LogP contribution in [-0.2, 0) is 4.79 Å². The number of carbonyl (C=O) groups excluding carboxylic acids is 1. The molecule has 0 atom stereocenters. The van der Waals surface area contributed by atoms with Gasteiger partial charge in [-0.2, -0.15) is 0 Å². The van der Waals surface area contributed by atoms with Crippen LogP contribution < -0.4 is 10.1 Å². The molecule has 24 heavy (non-hydrogen) atoms. The molecule has 1 aliphatic carbocycles.